The summed E-state index contributed by atoms with van der Waals surface area (Å²) < 4.78 is 5.20. The van der Waals surface area contributed by atoms with Gasteiger partial charge in [0, 0.05) is 12.6 Å². The first-order valence-electron chi connectivity index (χ1n) is 7.39. The van der Waals surface area contributed by atoms with Gasteiger partial charge in [0.05, 0.1) is 25.5 Å². The first-order valence-corrected chi connectivity index (χ1v) is 7.39. The lowest BCUT2D eigenvalue weighted by Gasteiger charge is -2.33. The molecule has 1 unspecified atom stereocenters. The van der Waals surface area contributed by atoms with E-state index in [4.69, 9.17) is 4.42 Å². The molecule has 112 valence electrons. The summed E-state index contributed by atoms with van der Waals surface area (Å²) in [7, 11) is 0. The molecule has 1 heterocycles. The van der Waals surface area contributed by atoms with Crippen molar-refractivity contribution in [2.24, 2.45) is 0 Å². The monoisotopic (exact) mass is 280 g/mol. The molecule has 1 fully saturated rings. The summed E-state index contributed by atoms with van der Waals surface area (Å²) in [6.07, 6.45) is 6.27. The number of aliphatic hydroxyl groups excluding tert-OH is 1. The highest BCUT2D eigenvalue weighted by Gasteiger charge is 2.29. The fourth-order valence-electron chi connectivity index (χ4n) is 2.93. The van der Waals surface area contributed by atoms with E-state index in [0.717, 1.165) is 18.6 Å². The molecule has 2 rings (SSSR count). The van der Waals surface area contributed by atoms with E-state index in [1.54, 1.807) is 6.26 Å². The van der Waals surface area contributed by atoms with E-state index < -0.39 is 0 Å². The third kappa shape index (κ3) is 3.84. The number of carbonyl (C=O) groups is 1. The Hall–Kier alpha value is -1.33. The minimum atomic E-state index is -0.222. The van der Waals surface area contributed by atoms with Crippen molar-refractivity contribution in [3.8, 4) is 0 Å². The van der Waals surface area contributed by atoms with Crippen molar-refractivity contribution in [1.82, 2.24) is 10.2 Å². The van der Waals surface area contributed by atoms with Gasteiger partial charge in [0.1, 0.15) is 5.76 Å². The van der Waals surface area contributed by atoms with Crippen LogP contribution in [0.25, 0.3) is 0 Å². The van der Waals surface area contributed by atoms with Crippen LogP contribution in [0.5, 0.6) is 0 Å². The Labute approximate surface area is 119 Å². The highest BCUT2D eigenvalue weighted by molar-refractivity contribution is 5.81. The quantitative estimate of drug-likeness (QED) is 0.795. The minimum Gasteiger partial charge on any atom is -0.467 e. The fourth-order valence-corrected chi connectivity index (χ4v) is 2.93. The molecule has 1 aromatic rings. The summed E-state index contributed by atoms with van der Waals surface area (Å²) in [6, 6.07) is 3.85. The maximum absolute atomic E-state index is 12.2. The first-order chi connectivity index (χ1) is 9.72. The molecule has 20 heavy (non-hydrogen) atoms. The van der Waals surface area contributed by atoms with Crippen LogP contribution in [0.1, 0.15) is 38.4 Å². The zero-order valence-electron chi connectivity index (χ0n) is 12.0. The molecule has 0 spiro atoms. The maximum atomic E-state index is 12.2. The zero-order valence-corrected chi connectivity index (χ0v) is 12.0. The minimum absolute atomic E-state index is 0.0123. The Morgan fingerprint density at radius 3 is 2.90 bits per heavy atom. The molecule has 1 aliphatic carbocycles. The largest absolute Gasteiger partial charge is 0.467 e. The van der Waals surface area contributed by atoms with Crippen molar-refractivity contribution in [2.75, 3.05) is 13.2 Å². The van der Waals surface area contributed by atoms with Crippen molar-refractivity contribution in [2.45, 2.75) is 51.2 Å². The Kier molecular flexibility index (Phi) is 5.61. The Morgan fingerprint density at radius 1 is 1.55 bits per heavy atom. The molecule has 0 bridgehead atoms. The molecule has 5 nitrogen and oxygen atoms in total. The van der Waals surface area contributed by atoms with Crippen molar-refractivity contribution >= 4 is 5.91 Å². The van der Waals surface area contributed by atoms with Crippen LogP contribution in [0, 0.1) is 0 Å². The summed E-state index contributed by atoms with van der Waals surface area (Å²) in [5.41, 5.74) is 0. The smallest absolute Gasteiger partial charge is 0.237 e. The van der Waals surface area contributed by atoms with Gasteiger partial charge in [0.15, 0.2) is 0 Å². The molecule has 0 aromatic carbocycles. The van der Waals surface area contributed by atoms with Crippen molar-refractivity contribution in [3.05, 3.63) is 24.2 Å². The average Bonchev–Trinajstić information content (AvgIpc) is 3.13. The molecule has 0 radical (unpaired) electrons. The van der Waals surface area contributed by atoms with E-state index >= 15 is 0 Å². The number of carbonyl (C=O) groups excluding carboxylic acids is 1. The second kappa shape index (κ2) is 7.45. The van der Waals surface area contributed by atoms with Crippen LogP contribution in [-0.2, 0) is 11.3 Å². The van der Waals surface area contributed by atoms with Crippen LogP contribution < -0.4 is 5.32 Å². The number of hydrogen-bond acceptors (Lipinski definition) is 4. The lowest BCUT2D eigenvalue weighted by atomic mass is 10.1. The van der Waals surface area contributed by atoms with E-state index in [1.807, 2.05) is 19.1 Å². The summed E-state index contributed by atoms with van der Waals surface area (Å²) in [4.78, 5) is 14.4. The van der Waals surface area contributed by atoms with Gasteiger partial charge < -0.3 is 14.8 Å². The number of hydrogen-bond donors (Lipinski definition) is 2. The maximum Gasteiger partial charge on any atom is 0.237 e. The van der Waals surface area contributed by atoms with Gasteiger partial charge in [-0.05, 0) is 31.9 Å². The molecule has 0 aliphatic heterocycles. The molecule has 2 N–H and O–H groups in total. The van der Waals surface area contributed by atoms with E-state index in [-0.39, 0.29) is 18.6 Å². The van der Waals surface area contributed by atoms with Gasteiger partial charge in [-0.2, -0.15) is 0 Å². The number of amides is 1. The number of furan rings is 1. The van der Waals surface area contributed by atoms with Crippen LogP contribution in [0.2, 0.25) is 0 Å². The van der Waals surface area contributed by atoms with E-state index in [2.05, 4.69) is 10.2 Å². The normalized spacial score (nSPS) is 17.6. The highest BCUT2D eigenvalue weighted by Crippen LogP contribution is 2.24. The summed E-state index contributed by atoms with van der Waals surface area (Å²) in [5.74, 6) is 0.738. The third-order valence-electron chi connectivity index (χ3n) is 4.05. The Bertz CT molecular complexity index is 399. The van der Waals surface area contributed by atoms with Gasteiger partial charge >= 0.3 is 0 Å². The Morgan fingerprint density at radius 2 is 2.30 bits per heavy atom. The molecule has 5 heteroatoms. The molecular formula is C15H24N2O3. The molecule has 1 aromatic heterocycles. The average molecular weight is 280 g/mol. The van der Waals surface area contributed by atoms with Crippen LogP contribution in [0.3, 0.4) is 0 Å². The molecule has 1 amide bonds. The number of nitrogens with zero attached hydrogens (tertiary/aromatic N) is 1. The van der Waals surface area contributed by atoms with Crippen LogP contribution in [-0.4, -0.2) is 41.1 Å². The predicted molar refractivity (Wildman–Crippen MR) is 76.1 cm³/mol. The fraction of sp³-hybridized carbons (Fsp3) is 0.667. The van der Waals surface area contributed by atoms with Crippen molar-refractivity contribution in [1.29, 1.82) is 0 Å². The van der Waals surface area contributed by atoms with Crippen molar-refractivity contribution < 1.29 is 14.3 Å². The standard InChI is InChI=1S/C15H24N2O3/c1-12(15(19)16-11-14-7-4-10-20-14)17(8-9-18)13-5-2-3-6-13/h4,7,10,12-13,18H,2-3,5-6,8-9,11H2,1H3,(H,16,19). The highest BCUT2D eigenvalue weighted by atomic mass is 16.3. The van der Waals surface area contributed by atoms with Crippen LogP contribution >= 0.6 is 0 Å². The number of nitrogens with one attached hydrogen (secondary N) is 1. The van der Waals surface area contributed by atoms with Gasteiger partial charge in [-0.15, -0.1) is 0 Å². The van der Waals surface area contributed by atoms with Crippen LogP contribution in [0.4, 0.5) is 0 Å². The van der Waals surface area contributed by atoms with E-state index in [9.17, 15) is 9.90 Å². The third-order valence-corrected chi connectivity index (χ3v) is 4.05. The number of rotatable bonds is 7. The molecule has 1 aliphatic rings. The van der Waals surface area contributed by atoms with Gasteiger partial charge in [0.2, 0.25) is 5.91 Å². The molecular weight excluding hydrogens is 256 g/mol. The van der Waals surface area contributed by atoms with Crippen molar-refractivity contribution in [3.63, 3.8) is 0 Å². The SMILES string of the molecule is CC(C(=O)NCc1ccco1)N(CCO)C1CCCC1. The Balaban J connectivity index is 1.88. The summed E-state index contributed by atoms with van der Waals surface area (Å²) in [6.45, 7) is 2.96. The van der Waals surface area contributed by atoms with Gasteiger partial charge in [-0.25, -0.2) is 0 Å². The molecule has 1 saturated carbocycles. The number of aliphatic hydroxyl groups is 1. The summed E-state index contributed by atoms with van der Waals surface area (Å²) in [5, 5.41) is 12.1. The van der Waals surface area contributed by atoms with Gasteiger partial charge in [-0.3, -0.25) is 9.69 Å². The molecule has 1 atom stereocenters. The topological polar surface area (TPSA) is 65.7 Å². The zero-order chi connectivity index (χ0) is 14.4. The van der Waals surface area contributed by atoms with Crippen LogP contribution in [0.15, 0.2) is 22.8 Å². The molecule has 0 saturated heterocycles. The van der Waals surface area contributed by atoms with Gasteiger partial charge in [-0.1, -0.05) is 12.8 Å². The van der Waals surface area contributed by atoms with E-state index in [1.165, 1.54) is 12.8 Å². The van der Waals surface area contributed by atoms with Gasteiger partial charge in [0.25, 0.3) is 0 Å². The second-order valence-corrected chi connectivity index (χ2v) is 5.37. The lowest BCUT2D eigenvalue weighted by molar-refractivity contribution is -0.127. The van der Waals surface area contributed by atoms with E-state index in [0.29, 0.717) is 19.1 Å². The lowest BCUT2D eigenvalue weighted by Crippen LogP contribution is -2.49. The second-order valence-electron chi connectivity index (χ2n) is 5.37. The summed E-state index contributed by atoms with van der Waals surface area (Å²) >= 11 is 0. The first kappa shape index (κ1) is 15.1. The predicted octanol–water partition coefficient (Wildman–Crippen LogP) is 1.52.